The summed E-state index contributed by atoms with van der Waals surface area (Å²) in [5.74, 6) is 0.555. The number of hydrogen-bond acceptors (Lipinski definition) is 4. The predicted molar refractivity (Wildman–Crippen MR) is 113 cm³/mol. The van der Waals surface area contributed by atoms with Crippen molar-refractivity contribution >= 4 is 35.0 Å². The summed E-state index contributed by atoms with van der Waals surface area (Å²) in [6.07, 6.45) is 0.850. The molecule has 2 aromatic carbocycles. The first-order chi connectivity index (χ1) is 13.5. The summed E-state index contributed by atoms with van der Waals surface area (Å²) in [5.41, 5.74) is 1.76. The largest absolute Gasteiger partial charge is 0.306 e. The topological polar surface area (TPSA) is 55.2 Å². The molecule has 1 aliphatic rings. The molecular weight excluding hydrogens is 394 g/mol. The van der Waals surface area contributed by atoms with Gasteiger partial charge in [0.15, 0.2) is 5.69 Å². The lowest BCUT2D eigenvalue weighted by atomic mass is 10.2. The molecule has 0 saturated heterocycles. The fourth-order valence-electron chi connectivity index (χ4n) is 3.21. The molecule has 28 heavy (non-hydrogen) atoms. The van der Waals surface area contributed by atoms with Crippen molar-refractivity contribution in [2.24, 2.45) is 0 Å². The van der Waals surface area contributed by atoms with E-state index in [1.165, 1.54) is 6.07 Å². The molecule has 2 heterocycles. The van der Waals surface area contributed by atoms with Gasteiger partial charge in [-0.1, -0.05) is 23.7 Å². The molecule has 0 atom stereocenters. The number of halogens is 1. The maximum atomic E-state index is 13.3. The summed E-state index contributed by atoms with van der Waals surface area (Å²) in [6.45, 7) is 2.34. The summed E-state index contributed by atoms with van der Waals surface area (Å²) in [6, 6.07) is 16.3. The van der Waals surface area contributed by atoms with Gasteiger partial charge in [-0.2, -0.15) is 5.10 Å². The van der Waals surface area contributed by atoms with Crippen molar-refractivity contribution in [2.45, 2.75) is 18.2 Å². The number of thioether (sulfide) groups is 1. The number of carbonyl (C=O) groups excluding carboxylic acids is 1. The Labute approximate surface area is 171 Å². The van der Waals surface area contributed by atoms with Gasteiger partial charge in [0.05, 0.1) is 11.4 Å². The van der Waals surface area contributed by atoms with Crippen LogP contribution in [0.3, 0.4) is 0 Å². The Morgan fingerprint density at radius 2 is 1.89 bits per heavy atom. The molecule has 0 bridgehead atoms. The van der Waals surface area contributed by atoms with E-state index in [1.807, 2.05) is 24.3 Å². The zero-order valence-electron chi connectivity index (χ0n) is 15.3. The van der Waals surface area contributed by atoms with Crippen LogP contribution < -0.4 is 10.3 Å². The van der Waals surface area contributed by atoms with Gasteiger partial charge in [-0.3, -0.25) is 9.59 Å². The van der Waals surface area contributed by atoms with Crippen LogP contribution >= 0.6 is 23.4 Å². The summed E-state index contributed by atoms with van der Waals surface area (Å²) < 4.78 is 1.60. The maximum Gasteiger partial charge on any atom is 0.282 e. The third-order valence-corrected chi connectivity index (χ3v) is 5.97. The molecule has 7 heteroatoms. The molecule has 1 aromatic heterocycles. The van der Waals surface area contributed by atoms with Gasteiger partial charge in [-0.15, -0.1) is 11.8 Å². The maximum absolute atomic E-state index is 13.3. The van der Waals surface area contributed by atoms with Crippen LogP contribution in [0.15, 0.2) is 64.3 Å². The quantitative estimate of drug-likeness (QED) is 0.629. The molecule has 3 aromatic rings. The Bertz CT molecular complexity index is 1100. The smallest absolute Gasteiger partial charge is 0.282 e. The third kappa shape index (κ3) is 3.57. The number of aromatic nitrogens is 2. The SMILES string of the molecule is Cc1cc(=O)c(C(=O)N2CCCSc3ccccc32)nn1-c1ccc(Cl)cc1. The lowest BCUT2D eigenvalue weighted by Gasteiger charge is -2.22. The van der Waals surface area contributed by atoms with Gasteiger partial charge in [0, 0.05) is 28.2 Å². The van der Waals surface area contributed by atoms with Gasteiger partial charge >= 0.3 is 0 Å². The highest BCUT2D eigenvalue weighted by molar-refractivity contribution is 7.99. The van der Waals surface area contributed by atoms with Crippen molar-refractivity contribution < 1.29 is 4.79 Å². The molecule has 0 spiro atoms. The first-order valence-electron chi connectivity index (χ1n) is 8.95. The van der Waals surface area contributed by atoms with Crippen molar-refractivity contribution in [1.29, 1.82) is 0 Å². The normalized spacial score (nSPS) is 13.7. The fourth-order valence-corrected chi connectivity index (χ4v) is 4.33. The van der Waals surface area contributed by atoms with Gasteiger partial charge < -0.3 is 4.90 Å². The van der Waals surface area contributed by atoms with E-state index >= 15 is 0 Å². The number of benzene rings is 2. The average molecular weight is 412 g/mol. The van der Waals surface area contributed by atoms with E-state index in [9.17, 15) is 9.59 Å². The third-order valence-electron chi connectivity index (χ3n) is 4.57. The Kier molecular flexibility index (Phi) is 5.24. The average Bonchev–Trinajstić information content (AvgIpc) is 2.91. The second kappa shape index (κ2) is 7.81. The Hall–Kier alpha value is -2.57. The number of fused-ring (bicyclic) bond motifs is 1. The van der Waals surface area contributed by atoms with E-state index in [4.69, 9.17) is 11.6 Å². The highest BCUT2D eigenvalue weighted by atomic mass is 35.5. The second-order valence-corrected chi connectivity index (χ2v) is 8.09. The van der Waals surface area contributed by atoms with Crippen LogP contribution in [0.5, 0.6) is 0 Å². The Morgan fingerprint density at radius 1 is 1.14 bits per heavy atom. The molecule has 0 fully saturated rings. The first-order valence-corrected chi connectivity index (χ1v) is 10.3. The Morgan fingerprint density at radius 3 is 2.68 bits per heavy atom. The van der Waals surface area contributed by atoms with Crippen LogP contribution in [0.1, 0.15) is 22.6 Å². The van der Waals surface area contributed by atoms with Crippen LogP contribution in [0.2, 0.25) is 5.02 Å². The van der Waals surface area contributed by atoms with Crippen LogP contribution in [0, 0.1) is 6.92 Å². The van der Waals surface area contributed by atoms with Gasteiger partial charge in [0.25, 0.3) is 5.91 Å². The molecular formula is C21H18ClN3O2S. The van der Waals surface area contributed by atoms with E-state index in [-0.39, 0.29) is 17.0 Å². The van der Waals surface area contributed by atoms with Crippen molar-refractivity contribution in [3.8, 4) is 5.69 Å². The van der Waals surface area contributed by atoms with Crippen LogP contribution in [-0.4, -0.2) is 28.0 Å². The number of carbonyl (C=O) groups is 1. The highest BCUT2D eigenvalue weighted by Gasteiger charge is 2.26. The lowest BCUT2D eigenvalue weighted by molar-refractivity contribution is 0.0979. The van der Waals surface area contributed by atoms with Crippen molar-refractivity contribution in [1.82, 2.24) is 9.78 Å². The molecule has 0 unspecified atom stereocenters. The number of anilines is 1. The number of hydrogen-bond donors (Lipinski definition) is 0. The first kappa shape index (κ1) is 18.8. The van der Waals surface area contributed by atoms with Gasteiger partial charge in [-0.25, -0.2) is 4.68 Å². The van der Waals surface area contributed by atoms with E-state index in [1.54, 1.807) is 52.5 Å². The second-order valence-electron chi connectivity index (χ2n) is 6.51. The van der Waals surface area contributed by atoms with Crippen molar-refractivity contribution in [3.05, 3.63) is 81.2 Å². The van der Waals surface area contributed by atoms with E-state index in [0.29, 0.717) is 17.3 Å². The zero-order valence-corrected chi connectivity index (χ0v) is 16.8. The molecule has 0 aliphatic carbocycles. The number of rotatable bonds is 2. The molecule has 1 amide bonds. The Balaban J connectivity index is 1.79. The highest BCUT2D eigenvalue weighted by Crippen LogP contribution is 2.34. The lowest BCUT2D eigenvalue weighted by Crippen LogP contribution is -2.37. The summed E-state index contributed by atoms with van der Waals surface area (Å²) in [5, 5.41) is 5.02. The number of amides is 1. The monoisotopic (exact) mass is 411 g/mol. The van der Waals surface area contributed by atoms with Crippen LogP contribution in [0.4, 0.5) is 5.69 Å². The molecule has 142 valence electrons. The van der Waals surface area contributed by atoms with E-state index < -0.39 is 0 Å². The predicted octanol–water partition coefficient (Wildman–Crippen LogP) is 4.34. The van der Waals surface area contributed by atoms with Gasteiger partial charge in [0.2, 0.25) is 5.43 Å². The minimum absolute atomic E-state index is 0.0812. The summed E-state index contributed by atoms with van der Waals surface area (Å²) in [7, 11) is 0. The minimum Gasteiger partial charge on any atom is -0.306 e. The molecule has 0 N–H and O–H groups in total. The molecule has 1 aliphatic heterocycles. The molecule has 5 nitrogen and oxygen atoms in total. The summed E-state index contributed by atoms with van der Waals surface area (Å²) >= 11 is 7.69. The van der Waals surface area contributed by atoms with Gasteiger partial charge in [-0.05, 0) is 55.5 Å². The number of nitrogens with zero attached hydrogens (tertiary/aromatic N) is 3. The number of para-hydroxylation sites is 1. The van der Waals surface area contributed by atoms with Crippen LogP contribution in [0.25, 0.3) is 5.69 Å². The molecule has 0 saturated carbocycles. The minimum atomic E-state index is -0.373. The summed E-state index contributed by atoms with van der Waals surface area (Å²) in [4.78, 5) is 28.6. The van der Waals surface area contributed by atoms with Crippen molar-refractivity contribution in [2.75, 3.05) is 17.2 Å². The van der Waals surface area contributed by atoms with E-state index in [2.05, 4.69) is 5.10 Å². The standard InChI is InChI=1S/C21H18ClN3O2S/c1-14-13-18(26)20(23-25(14)16-9-7-15(22)8-10-16)21(27)24-11-4-12-28-19-6-3-2-5-17(19)24/h2-3,5-10,13H,4,11-12H2,1H3. The molecule has 0 radical (unpaired) electrons. The number of aryl methyl sites for hydroxylation is 1. The fraction of sp³-hybridized carbons (Fsp3) is 0.190. The van der Waals surface area contributed by atoms with Crippen LogP contribution in [-0.2, 0) is 0 Å². The van der Waals surface area contributed by atoms with Gasteiger partial charge in [0.1, 0.15) is 0 Å². The van der Waals surface area contributed by atoms with E-state index in [0.717, 1.165) is 28.4 Å². The van der Waals surface area contributed by atoms with Crippen molar-refractivity contribution in [3.63, 3.8) is 0 Å². The zero-order chi connectivity index (χ0) is 19.7. The molecule has 4 rings (SSSR count).